The van der Waals surface area contributed by atoms with Gasteiger partial charge in [0.1, 0.15) is 11.2 Å². The van der Waals surface area contributed by atoms with E-state index in [1.807, 2.05) is 60.7 Å². The summed E-state index contributed by atoms with van der Waals surface area (Å²) >= 11 is 0. The first kappa shape index (κ1) is 17.1. The minimum atomic E-state index is -0.193. The van der Waals surface area contributed by atoms with E-state index in [1.54, 1.807) is 36.4 Å². The molecule has 0 saturated carbocycles. The smallest absolute Gasteiger partial charge is 0.194 e. The van der Waals surface area contributed by atoms with Crippen molar-refractivity contribution in [2.45, 2.75) is 0 Å². The Morgan fingerprint density at radius 3 is 1.83 bits per heavy atom. The van der Waals surface area contributed by atoms with Crippen molar-refractivity contribution in [1.82, 2.24) is 0 Å². The molecule has 138 valence electrons. The van der Waals surface area contributed by atoms with Crippen molar-refractivity contribution in [3.63, 3.8) is 0 Å². The predicted molar refractivity (Wildman–Crippen MR) is 113 cm³/mol. The van der Waals surface area contributed by atoms with Gasteiger partial charge in [0, 0.05) is 33.0 Å². The average molecular weight is 376 g/mol. The average Bonchev–Trinajstić information content (AvgIpc) is 3.17. The van der Waals surface area contributed by atoms with Crippen LogP contribution in [-0.4, -0.2) is 11.6 Å². The molecule has 4 aromatic carbocycles. The molecule has 0 radical (unpaired) electrons. The van der Waals surface area contributed by atoms with E-state index < -0.39 is 0 Å². The molecule has 1 heterocycles. The highest BCUT2D eigenvalue weighted by Crippen LogP contribution is 2.35. The Morgan fingerprint density at radius 2 is 1.14 bits per heavy atom. The van der Waals surface area contributed by atoms with Crippen molar-refractivity contribution in [1.29, 1.82) is 0 Å². The Bertz CT molecular complexity index is 1360. The summed E-state index contributed by atoms with van der Waals surface area (Å²) in [7, 11) is 0. The highest BCUT2D eigenvalue weighted by molar-refractivity contribution is 6.28. The van der Waals surface area contributed by atoms with Crippen LogP contribution in [0.4, 0.5) is 0 Å². The van der Waals surface area contributed by atoms with Crippen LogP contribution in [0.2, 0.25) is 0 Å². The van der Waals surface area contributed by atoms with Crippen LogP contribution in [0.3, 0.4) is 0 Å². The van der Waals surface area contributed by atoms with Gasteiger partial charge in [-0.1, -0.05) is 78.9 Å². The molecule has 3 heteroatoms. The summed E-state index contributed by atoms with van der Waals surface area (Å²) in [6, 6.07) is 29.1. The van der Waals surface area contributed by atoms with Crippen LogP contribution in [0.5, 0.6) is 0 Å². The number of carbonyl (C=O) groups is 2. The molecule has 0 amide bonds. The number of furan rings is 1. The van der Waals surface area contributed by atoms with Crippen LogP contribution in [0, 0.1) is 0 Å². The zero-order valence-electron chi connectivity index (χ0n) is 15.5. The Balaban J connectivity index is 1.84. The zero-order chi connectivity index (χ0) is 19.8. The van der Waals surface area contributed by atoms with Gasteiger partial charge in [-0.15, -0.1) is 0 Å². The van der Waals surface area contributed by atoms with Crippen molar-refractivity contribution >= 4 is 33.5 Å². The summed E-state index contributed by atoms with van der Waals surface area (Å²) < 4.78 is 5.96. The topological polar surface area (TPSA) is 47.3 Å². The molecule has 0 N–H and O–H groups in total. The minimum Gasteiger partial charge on any atom is -0.456 e. The number of carbonyl (C=O) groups excluding carboxylic acids is 2. The van der Waals surface area contributed by atoms with Gasteiger partial charge in [0.2, 0.25) is 0 Å². The number of hydrogen-bond donors (Lipinski definition) is 0. The molecule has 0 saturated heterocycles. The molecular weight excluding hydrogens is 360 g/mol. The number of rotatable bonds is 4. The zero-order valence-corrected chi connectivity index (χ0v) is 15.5. The van der Waals surface area contributed by atoms with Crippen molar-refractivity contribution in [3.05, 3.63) is 119 Å². The van der Waals surface area contributed by atoms with Crippen LogP contribution in [0.25, 0.3) is 21.9 Å². The van der Waals surface area contributed by atoms with E-state index in [1.165, 1.54) is 0 Å². The molecular formula is C26H16O3. The Kier molecular flexibility index (Phi) is 4.07. The van der Waals surface area contributed by atoms with Gasteiger partial charge in [0.15, 0.2) is 11.6 Å². The summed E-state index contributed by atoms with van der Waals surface area (Å²) in [5, 5.41) is 1.50. The number of ketones is 2. The van der Waals surface area contributed by atoms with Gasteiger partial charge in [-0.05, 0) is 18.2 Å². The van der Waals surface area contributed by atoms with Gasteiger partial charge in [-0.25, -0.2) is 0 Å². The standard InChI is InChI=1S/C26H16O3/c27-25(17-9-3-1-4-10-17)20-15-16-22-23(19-13-7-8-14-21(19)29-22)24(20)26(28)18-11-5-2-6-12-18/h1-16H. The molecule has 0 atom stereocenters. The molecule has 29 heavy (non-hydrogen) atoms. The monoisotopic (exact) mass is 376 g/mol. The molecule has 0 spiro atoms. The van der Waals surface area contributed by atoms with Gasteiger partial charge < -0.3 is 4.42 Å². The maximum absolute atomic E-state index is 13.6. The van der Waals surface area contributed by atoms with Gasteiger partial charge in [-0.2, -0.15) is 0 Å². The third-order valence-electron chi connectivity index (χ3n) is 5.09. The molecule has 0 aliphatic heterocycles. The maximum Gasteiger partial charge on any atom is 0.194 e. The quantitative estimate of drug-likeness (QED) is 0.359. The van der Waals surface area contributed by atoms with Crippen molar-refractivity contribution < 1.29 is 14.0 Å². The second-order valence-corrected chi connectivity index (χ2v) is 6.85. The van der Waals surface area contributed by atoms with Gasteiger partial charge >= 0.3 is 0 Å². The fourth-order valence-electron chi connectivity index (χ4n) is 3.72. The molecule has 5 rings (SSSR count). The molecule has 1 aromatic heterocycles. The number of fused-ring (bicyclic) bond motifs is 3. The van der Waals surface area contributed by atoms with Crippen LogP contribution >= 0.6 is 0 Å². The van der Waals surface area contributed by atoms with Crippen molar-refractivity contribution in [2.24, 2.45) is 0 Å². The molecule has 0 aliphatic carbocycles. The highest BCUT2D eigenvalue weighted by Gasteiger charge is 2.25. The fraction of sp³-hybridized carbons (Fsp3) is 0. The maximum atomic E-state index is 13.6. The summed E-state index contributed by atoms with van der Waals surface area (Å²) in [6.07, 6.45) is 0. The van der Waals surface area contributed by atoms with E-state index >= 15 is 0 Å². The highest BCUT2D eigenvalue weighted by atomic mass is 16.3. The first-order valence-corrected chi connectivity index (χ1v) is 9.38. The number of para-hydroxylation sites is 1. The lowest BCUT2D eigenvalue weighted by molar-refractivity contribution is 0.100. The van der Waals surface area contributed by atoms with E-state index in [4.69, 9.17) is 4.42 Å². The normalized spacial score (nSPS) is 11.0. The second-order valence-electron chi connectivity index (χ2n) is 6.85. The second kappa shape index (κ2) is 6.88. The lowest BCUT2D eigenvalue weighted by Gasteiger charge is -2.10. The first-order chi connectivity index (χ1) is 14.2. The van der Waals surface area contributed by atoms with Crippen molar-refractivity contribution in [2.75, 3.05) is 0 Å². The Labute approximate surface area is 167 Å². The van der Waals surface area contributed by atoms with Crippen LogP contribution < -0.4 is 0 Å². The fourth-order valence-corrected chi connectivity index (χ4v) is 3.72. The van der Waals surface area contributed by atoms with E-state index in [2.05, 4.69) is 0 Å². The van der Waals surface area contributed by atoms with Gasteiger partial charge in [0.05, 0.1) is 0 Å². The molecule has 0 fully saturated rings. The Hall–Kier alpha value is -3.98. The Morgan fingerprint density at radius 1 is 0.552 bits per heavy atom. The van der Waals surface area contributed by atoms with E-state index in [0.29, 0.717) is 38.8 Å². The third-order valence-corrected chi connectivity index (χ3v) is 5.09. The third kappa shape index (κ3) is 2.84. The molecule has 0 aliphatic rings. The van der Waals surface area contributed by atoms with Crippen LogP contribution in [0.15, 0.2) is 101 Å². The van der Waals surface area contributed by atoms with Gasteiger partial charge in [0.25, 0.3) is 0 Å². The SMILES string of the molecule is O=C(c1ccccc1)c1ccc2oc3ccccc3c2c1C(=O)c1ccccc1. The van der Waals surface area contributed by atoms with E-state index in [9.17, 15) is 9.59 Å². The summed E-state index contributed by atoms with van der Waals surface area (Å²) in [5.74, 6) is -0.376. The summed E-state index contributed by atoms with van der Waals surface area (Å²) in [6.45, 7) is 0. The number of benzene rings is 4. The van der Waals surface area contributed by atoms with Gasteiger partial charge in [-0.3, -0.25) is 9.59 Å². The molecule has 3 nitrogen and oxygen atoms in total. The predicted octanol–water partition coefficient (Wildman–Crippen LogP) is 6.05. The lowest BCUT2D eigenvalue weighted by Crippen LogP contribution is -2.11. The largest absolute Gasteiger partial charge is 0.456 e. The summed E-state index contributed by atoms with van der Waals surface area (Å²) in [4.78, 5) is 26.9. The van der Waals surface area contributed by atoms with Crippen LogP contribution in [-0.2, 0) is 0 Å². The lowest BCUT2D eigenvalue weighted by atomic mass is 9.90. The van der Waals surface area contributed by atoms with E-state index in [0.717, 1.165) is 5.39 Å². The molecule has 0 bridgehead atoms. The molecule has 5 aromatic rings. The summed E-state index contributed by atoms with van der Waals surface area (Å²) in [5.41, 5.74) is 3.12. The first-order valence-electron chi connectivity index (χ1n) is 9.38. The molecule has 0 unspecified atom stereocenters. The number of hydrogen-bond acceptors (Lipinski definition) is 3. The van der Waals surface area contributed by atoms with E-state index in [-0.39, 0.29) is 11.6 Å². The van der Waals surface area contributed by atoms with Crippen molar-refractivity contribution in [3.8, 4) is 0 Å². The van der Waals surface area contributed by atoms with Crippen LogP contribution in [0.1, 0.15) is 31.8 Å². The minimum absolute atomic E-state index is 0.183.